The summed E-state index contributed by atoms with van der Waals surface area (Å²) in [6.45, 7) is 1.79. The third kappa shape index (κ3) is 2.05. The van der Waals surface area contributed by atoms with Crippen LogP contribution in [0.5, 0.6) is 0 Å². The second kappa shape index (κ2) is 4.32. The number of aromatic nitrogens is 2. The van der Waals surface area contributed by atoms with Gasteiger partial charge in [0, 0.05) is 20.2 Å². The number of halogens is 1. The highest BCUT2D eigenvalue weighted by molar-refractivity contribution is 9.10. The van der Waals surface area contributed by atoms with Crippen LogP contribution in [0.1, 0.15) is 6.42 Å². The molecular formula is C9H13BrN4O. The maximum absolute atomic E-state index is 5.70. The topological polar surface area (TPSA) is 64.3 Å². The van der Waals surface area contributed by atoms with Gasteiger partial charge in [0.15, 0.2) is 0 Å². The standard InChI is InChI=1S/C9H13BrN4O/c1-15-6-2-3-14(4-6)9-7(10)8(11)12-5-13-9/h5-6H,2-4H2,1H3,(H2,11,12,13). The van der Waals surface area contributed by atoms with Gasteiger partial charge in [-0.25, -0.2) is 9.97 Å². The van der Waals surface area contributed by atoms with Crippen molar-refractivity contribution in [3.63, 3.8) is 0 Å². The van der Waals surface area contributed by atoms with Crippen LogP contribution in [-0.2, 0) is 4.74 Å². The van der Waals surface area contributed by atoms with Crippen LogP contribution in [0.3, 0.4) is 0 Å². The van der Waals surface area contributed by atoms with Crippen LogP contribution in [0.15, 0.2) is 10.8 Å². The van der Waals surface area contributed by atoms with Gasteiger partial charge in [0.05, 0.1) is 6.10 Å². The lowest BCUT2D eigenvalue weighted by atomic mass is 10.3. The first-order chi connectivity index (χ1) is 7.22. The van der Waals surface area contributed by atoms with Crippen LogP contribution in [-0.4, -0.2) is 36.3 Å². The minimum atomic E-state index is 0.285. The van der Waals surface area contributed by atoms with Crippen LogP contribution < -0.4 is 10.6 Å². The molecular weight excluding hydrogens is 260 g/mol. The Labute approximate surface area is 96.8 Å². The Morgan fingerprint density at radius 1 is 1.60 bits per heavy atom. The molecule has 82 valence electrons. The summed E-state index contributed by atoms with van der Waals surface area (Å²) in [4.78, 5) is 10.3. The number of methoxy groups -OCH3 is 1. The predicted molar refractivity (Wildman–Crippen MR) is 61.8 cm³/mol. The molecule has 0 saturated carbocycles. The lowest BCUT2D eigenvalue weighted by Crippen LogP contribution is -2.23. The molecule has 1 aliphatic heterocycles. The van der Waals surface area contributed by atoms with Crippen molar-refractivity contribution in [1.82, 2.24) is 9.97 Å². The molecule has 2 N–H and O–H groups in total. The van der Waals surface area contributed by atoms with Crippen molar-refractivity contribution >= 4 is 27.6 Å². The minimum Gasteiger partial charge on any atom is -0.383 e. The number of ether oxygens (including phenoxy) is 1. The van der Waals surface area contributed by atoms with Gasteiger partial charge >= 0.3 is 0 Å². The molecule has 2 rings (SSSR count). The van der Waals surface area contributed by atoms with Crippen molar-refractivity contribution in [2.75, 3.05) is 30.8 Å². The van der Waals surface area contributed by atoms with Crippen molar-refractivity contribution in [2.24, 2.45) is 0 Å². The third-order valence-corrected chi connectivity index (χ3v) is 3.34. The second-order valence-corrected chi connectivity index (χ2v) is 4.28. The summed E-state index contributed by atoms with van der Waals surface area (Å²) in [6, 6.07) is 0. The maximum Gasteiger partial charge on any atom is 0.148 e. The number of hydrogen-bond donors (Lipinski definition) is 1. The largest absolute Gasteiger partial charge is 0.383 e. The van der Waals surface area contributed by atoms with Gasteiger partial charge in [0.2, 0.25) is 0 Å². The van der Waals surface area contributed by atoms with Gasteiger partial charge in [-0.3, -0.25) is 0 Å². The highest BCUT2D eigenvalue weighted by Crippen LogP contribution is 2.30. The van der Waals surface area contributed by atoms with Crippen LogP contribution in [0.2, 0.25) is 0 Å². The second-order valence-electron chi connectivity index (χ2n) is 3.49. The van der Waals surface area contributed by atoms with Crippen molar-refractivity contribution < 1.29 is 4.74 Å². The molecule has 15 heavy (non-hydrogen) atoms. The molecule has 0 amide bonds. The number of nitrogen functional groups attached to an aromatic ring is 1. The molecule has 5 nitrogen and oxygen atoms in total. The van der Waals surface area contributed by atoms with Crippen molar-refractivity contribution in [3.05, 3.63) is 10.8 Å². The number of rotatable bonds is 2. The lowest BCUT2D eigenvalue weighted by molar-refractivity contribution is 0.121. The van der Waals surface area contributed by atoms with E-state index in [4.69, 9.17) is 10.5 Å². The van der Waals surface area contributed by atoms with E-state index in [2.05, 4.69) is 30.8 Å². The summed E-state index contributed by atoms with van der Waals surface area (Å²) in [6.07, 6.45) is 2.79. The van der Waals surface area contributed by atoms with Crippen molar-refractivity contribution in [3.8, 4) is 0 Å². The van der Waals surface area contributed by atoms with Crippen LogP contribution in [0, 0.1) is 0 Å². The SMILES string of the molecule is COC1CCN(c2ncnc(N)c2Br)C1. The van der Waals surface area contributed by atoms with Gasteiger partial charge < -0.3 is 15.4 Å². The Kier molecular flexibility index (Phi) is 3.06. The van der Waals surface area contributed by atoms with E-state index in [1.165, 1.54) is 6.33 Å². The molecule has 1 atom stereocenters. The summed E-state index contributed by atoms with van der Waals surface area (Å²) < 4.78 is 6.07. The maximum atomic E-state index is 5.70. The average molecular weight is 273 g/mol. The van der Waals surface area contributed by atoms with Crippen molar-refractivity contribution in [1.29, 1.82) is 0 Å². The zero-order valence-electron chi connectivity index (χ0n) is 8.48. The molecule has 0 spiro atoms. The van der Waals surface area contributed by atoms with Crippen LogP contribution >= 0.6 is 15.9 Å². The zero-order valence-corrected chi connectivity index (χ0v) is 10.1. The minimum absolute atomic E-state index is 0.285. The van der Waals surface area contributed by atoms with Gasteiger partial charge in [-0.1, -0.05) is 0 Å². The van der Waals surface area contributed by atoms with E-state index in [0.29, 0.717) is 5.82 Å². The molecule has 0 aliphatic carbocycles. The Balaban J connectivity index is 2.20. The molecule has 1 unspecified atom stereocenters. The fraction of sp³-hybridized carbons (Fsp3) is 0.556. The Bertz CT molecular complexity index is 360. The van der Waals surface area contributed by atoms with E-state index in [9.17, 15) is 0 Å². The average Bonchev–Trinajstić information content (AvgIpc) is 2.70. The number of nitrogens with zero attached hydrogens (tertiary/aromatic N) is 3. The van der Waals surface area contributed by atoms with E-state index in [1.54, 1.807) is 7.11 Å². The summed E-state index contributed by atoms with van der Waals surface area (Å²) >= 11 is 3.40. The summed E-state index contributed by atoms with van der Waals surface area (Å²) in [5.74, 6) is 1.32. The Morgan fingerprint density at radius 3 is 3.07 bits per heavy atom. The van der Waals surface area contributed by atoms with E-state index >= 15 is 0 Å². The van der Waals surface area contributed by atoms with Crippen LogP contribution in [0.4, 0.5) is 11.6 Å². The summed E-state index contributed by atoms with van der Waals surface area (Å²) in [5.41, 5.74) is 5.70. The molecule has 1 aromatic rings. The monoisotopic (exact) mass is 272 g/mol. The number of nitrogens with two attached hydrogens (primary N) is 1. The summed E-state index contributed by atoms with van der Waals surface area (Å²) in [7, 11) is 1.73. The summed E-state index contributed by atoms with van der Waals surface area (Å²) in [5, 5.41) is 0. The lowest BCUT2D eigenvalue weighted by Gasteiger charge is -2.18. The molecule has 1 saturated heterocycles. The fourth-order valence-electron chi connectivity index (χ4n) is 1.71. The van der Waals surface area contributed by atoms with E-state index in [0.717, 1.165) is 29.8 Å². The van der Waals surface area contributed by atoms with E-state index in [-0.39, 0.29) is 6.10 Å². The fourth-order valence-corrected chi connectivity index (χ4v) is 2.16. The molecule has 1 aromatic heterocycles. The van der Waals surface area contributed by atoms with Gasteiger partial charge in [0.1, 0.15) is 22.4 Å². The molecule has 0 radical (unpaired) electrons. The van der Waals surface area contributed by atoms with Gasteiger partial charge in [0.25, 0.3) is 0 Å². The van der Waals surface area contributed by atoms with Gasteiger partial charge in [-0.05, 0) is 22.4 Å². The molecule has 6 heteroatoms. The van der Waals surface area contributed by atoms with Crippen LogP contribution in [0.25, 0.3) is 0 Å². The van der Waals surface area contributed by atoms with Crippen molar-refractivity contribution in [2.45, 2.75) is 12.5 Å². The first kappa shape index (κ1) is 10.6. The molecule has 2 heterocycles. The highest BCUT2D eigenvalue weighted by atomic mass is 79.9. The van der Waals surface area contributed by atoms with Gasteiger partial charge in [-0.15, -0.1) is 0 Å². The highest BCUT2D eigenvalue weighted by Gasteiger charge is 2.25. The van der Waals surface area contributed by atoms with E-state index in [1.807, 2.05) is 0 Å². The Morgan fingerprint density at radius 2 is 2.40 bits per heavy atom. The molecule has 0 bridgehead atoms. The number of anilines is 2. The van der Waals surface area contributed by atoms with E-state index < -0.39 is 0 Å². The predicted octanol–water partition coefficient (Wildman–Crippen LogP) is 1.05. The first-order valence-electron chi connectivity index (χ1n) is 4.76. The Hall–Kier alpha value is -0.880. The quantitative estimate of drug-likeness (QED) is 0.872. The molecule has 1 fully saturated rings. The first-order valence-corrected chi connectivity index (χ1v) is 5.55. The zero-order chi connectivity index (χ0) is 10.8. The molecule has 0 aromatic carbocycles. The van der Waals surface area contributed by atoms with Gasteiger partial charge in [-0.2, -0.15) is 0 Å². The molecule has 1 aliphatic rings. The normalized spacial score (nSPS) is 20.9. The smallest absolute Gasteiger partial charge is 0.148 e. The third-order valence-electron chi connectivity index (χ3n) is 2.58. The number of hydrogen-bond acceptors (Lipinski definition) is 5.